The van der Waals surface area contributed by atoms with Crippen LogP contribution in [0.1, 0.15) is 30.6 Å². The molecule has 0 saturated carbocycles. The maximum atomic E-state index is 12.9. The van der Waals surface area contributed by atoms with Crippen molar-refractivity contribution in [3.8, 4) is 11.5 Å². The molecule has 4 rings (SSSR count). The summed E-state index contributed by atoms with van der Waals surface area (Å²) in [6, 6.07) is 16.5. The Morgan fingerprint density at radius 2 is 1.73 bits per heavy atom. The number of nitrogens with one attached hydrogen (secondary N) is 1. The third-order valence-electron chi connectivity index (χ3n) is 5.59. The highest BCUT2D eigenvalue weighted by molar-refractivity contribution is 5.96. The molecule has 6 nitrogen and oxygen atoms in total. The average Bonchev–Trinajstić information content (AvgIpc) is 3.32. The molecule has 2 heterocycles. The lowest BCUT2D eigenvalue weighted by Crippen LogP contribution is -2.45. The van der Waals surface area contributed by atoms with Gasteiger partial charge in [0, 0.05) is 23.8 Å². The second kappa shape index (κ2) is 8.98. The van der Waals surface area contributed by atoms with E-state index < -0.39 is 0 Å². The Kier molecular flexibility index (Phi) is 6.16. The van der Waals surface area contributed by atoms with Crippen LogP contribution in [0.2, 0.25) is 0 Å². The summed E-state index contributed by atoms with van der Waals surface area (Å²) in [7, 11) is 0. The van der Waals surface area contributed by atoms with Gasteiger partial charge in [0.1, 0.15) is 17.6 Å². The van der Waals surface area contributed by atoms with Gasteiger partial charge in [-0.15, -0.1) is 0 Å². The van der Waals surface area contributed by atoms with Crippen molar-refractivity contribution in [1.82, 2.24) is 5.32 Å². The first-order chi connectivity index (χ1) is 14.5. The van der Waals surface area contributed by atoms with Crippen LogP contribution >= 0.6 is 0 Å². The first kappa shape index (κ1) is 20.6. The van der Waals surface area contributed by atoms with Crippen LogP contribution in [-0.2, 0) is 14.3 Å². The molecule has 158 valence electrons. The van der Waals surface area contributed by atoms with Crippen molar-refractivity contribution in [1.29, 1.82) is 0 Å². The number of Topliss-reactive ketones (excluding diaryl/α,β-unsaturated/α-hetero) is 1. The smallest absolute Gasteiger partial charge is 0.222 e. The van der Waals surface area contributed by atoms with Crippen molar-refractivity contribution in [3.63, 3.8) is 0 Å². The fourth-order valence-electron chi connectivity index (χ4n) is 3.94. The second-order valence-corrected chi connectivity index (χ2v) is 8.20. The van der Waals surface area contributed by atoms with Gasteiger partial charge in [-0.05, 0) is 24.3 Å². The lowest BCUT2D eigenvalue weighted by Gasteiger charge is -2.19. The van der Waals surface area contributed by atoms with Crippen molar-refractivity contribution in [2.45, 2.75) is 38.5 Å². The molecule has 2 aromatic carbocycles. The number of ketones is 1. The van der Waals surface area contributed by atoms with Crippen molar-refractivity contribution < 1.29 is 23.8 Å². The number of carbonyl (C=O) groups excluding carboxylic acids is 2. The Bertz CT molecular complexity index is 897. The van der Waals surface area contributed by atoms with Gasteiger partial charge in [-0.1, -0.05) is 44.2 Å². The molecule has 30 heavy (non-hydrogen) atoms. The van der Waals surface area contributed by atoms with E-state index in [2.05, 4.69) is 5.32 Å². The summed E-state index contributed by atoms with van der Waals surface area (Å²) >= 11 is 0. The fourth-order valence-corrected chi connectivity index (χ4v) is 3.94. The number of para-hydroxylation sites is 1. The van der Waals surface area contributed by atoms with E-state index in [0.717, 1.165) is 5.75 Å². The molecule has 6 heteroatoms. The van der Waals surface area contributed by atoms with Gasteiger partial charge in [-0.25, -0.2) is 0 Å². The van der Waals surface area contributed by atoms with Crippen molar-refractivity contribution >= 4 is 11.7 Å². The minimum Gasteiger partial charge on any atom is -0.457 e. The maximum Gasteiger partial charge on any atom is 0.222 e. The topological polar surface area (TPSA) is 73.9 Å². The SMILES string of the molecule is CC(C)C(=O)NC1COC2C(CC(=O)c3cccc(Oc4ccccc4)c3)COC12. The van der Waals surface area contributed by atoms with Crippen molar-refractivity contribution in [2.24, 2.45) is 11.8 Å². The monoisotopic (exact) mass is 409 g/mol. The Balaban J connectivity index is 1.37. The molecule has 2 aliphatic heterocycles. The minimum atomic E-state index is -0.196. The maximum absolute atomic E-state index is 12.9. The molecule has 0 bridgehead atoms. The van der Waals surface area contributed by atoms with E-state index in [1.165, 1.54) is 0 Å². The Morgan fingerprint density at radius 1 is 1.00 bits per heavy atom. The number of amides is 1. The Hall–Kier alpha value is -2.70. The zero-order chi connectivity index (χ0) is 21.1. The van der Waals surface area contributed by atoms with E-state index in [-0.39, 0.29) is 41.8 Å². The first-order valence-corrected chi connectivity index (χ1v) is 10.4. The van der Waals surface area contributed by atoms with E-state index in [9.17, 15) is 9.59 Å². The van der Waals surface area contributed by atoms with Gasteiger partial charge in [0.25, 0.3) is 0 Å². The van der Waals surface area contributed by atoms with Gasteiger partial charge in [0.2, 0.25) is 5.91 Å². The van der Waals surface area contributed by atoms with E-state index in [1.807, 2.05) is 56.3 Å². The van der Waals surface area contributed by atoms with Crippen LogP contribution in [0.5, 0.6) is 11.5 Å². The molecular weight excluding hydrogens is 382 g/mol. The highest BCUT2D eigenvalue weighted by Crippen LogP contribution is 2.34. The predicted molar refractivity (Wildman–Crippen MR) is 112 cm³/mol. The van der Waals surface area contributed by atoms with Crippen molar-refractivity contribution in [2.75, 3.05) is 13.2 Å². The number of hydrogen-bond donors (Lipinski definition) is 1. The molecule has 1 amide bonds. The third kappa shape index (κ3) is 4.55. The van der Waals surface area contributed by atoms with Crippen LogP contribution in [0.4, 0.5) is 0 Å². The molecule has 2 aromatic rings. The molecule has 1 N–H and O–H groups in total. The van der Waals surface area contributed by atoms with Crippen LogP contribution in [0.25, 0.3) is 0 Å². The normalized spacial score (nSPS) is 25.2. The molecule has 4 atom stereocenters. The number of ether oxygens (including phenoxy) is 3. The zero-order valence-electron chi connectivity index (χ0n) is 17.2. The van der Waals surface area contributed by atoms with Gasteiger partial charge < -0.3 is 19.5 Å². The Morgan fingerprint density at radius 3 is 2.50 bits per heavy atom. The first-order valence-electron chi connectivity index (χ1n) is 10.4. The average molecular weight is 409 g/mol. The van der Waals surface area contributed by atoms with E-state index >= 15 is 0 Å². The third-order valence-corrected chi connectivity index (χ3v) is 5.59. The molecule has 0 aliphatic carbocycles. The molecule has 0 aromatic heterocycles. The van der Waals surface area contributed by atoms with E-state index in [4.69, 9.17) is 14.2 Å². The van der Waals surface area contributed by atoms with Crippen LogP contribution in [0.3, 0.4) is 0 Å². The zero-order valence-corrected chi connectivity index (χ0v) is 17.2. The van der Waals surface area contributed by atoms with Gasteiger partial charge >= 0.3 is 0 Å². The van der Waals surface area contributed by atoms with Gasteiger partial charge in [0.05, 0.1) is 25.4 Å². The highest BCUT2D eigenvalue weighted by Gasteiger charge is 2.48. The van der Waals surface area contributed by atoms with E-state index in [0.29, 0.717) is 30.9 Å². The lowest BCUT2D eigenvalue weighted by molar-refractivity contribution is -0.125. The summed E-state index contributed by atoms with van der Waals surface area (Å²) in [5.41, 5.74) is 0.606. The number of fused-ring (bicyclic) bond motifs is 1. The van der Waals surface area contributed by atoms with Gasteiger partial charge in [-0.2, -0.15) is 0 Å². The molecule has 2 aliphatic rings. The summed E-state index contributed by atoms with van der Waals surface area (Å²) < 4.78 is 17.6. The summed E-state index contributed by atoms with van der Waals surface area (Å²) in [6.45, 7) is 4.58. The molecule has 0 radical (unpaired) electrons. The number of carbonyl (C=O) groups is 2. The summed E-state index contributed by atoms with van der Waals surface area (Å²) in [6.07, 6.45) is -0.0331. The quantitative estimate of drug-likeness (QED) is 0.708. The predicted octanol–water partition coefficient (Wildman–Crippen LogP) is 3.61. The fraction of sp³-hybridized carbons (Fsp3) is 0.417. The summed E-state index contributed by atoms with van der Waals surface area (Å²) in [5, 5.41) is 3.00. The lowest BCUT2D eigenvalue weighted by atomic mass is 9.92. The summed E-state index contributed by atoms with van der Waals surface area (Å²) in [5.74, 6) is 1.25. The largest absolute Gasteiger partial charge is 0.457 e. The second-order valence-electron chi connectivity index (χ2n) is 8.20. The van der Waals surface area contributed by atoms with Crippen LogP contribution in [0, 0.1) is 11.8 Å². The highest BCUT2D eigenvalue weighted by atomic mass is 16.6. The molecule has 2 fully saturated rings. The molecule has 4 unspecified atom stereocenters. The standard InChI is InChI=1S/C24H27NO5/c1-15(2)24(27)25-20-14-29-22-17(13-28-23(20)22)12-21(26)16-7-6-10-19(11-16)30-18-8-4-3-5-9-18/h3-11,15,17,20,22-23H,12-14H2,1-2H3,(H,25,27). The number of benzene rings is 2. The van der Waals surface area contributed by atoms with Crippen molar-refractivity contribution in [3.05, 3.63) is 60.2 Å². The number of rotatable bonds is 7. The summed E-state index contributed by atoms with van der Waals surface area (Å²) in [4.78, 5) is 24.9. The molecule has 0 spiro atoms. The van der Waals surface area contributed by atoms with Gasteiger partial charge in [0.15, 0.2) is 5.78 Å². The van der Waals surface area contributed by atoms with E-state index in [1.54, 1.807) is 12.1 Å². The number of hydrogen-bond acceptors (Lipinski definition) is 5. The van der Waals surface area contributed by atoms with Gasteiger partial charge in [-0.3, -0.25) is 9.59 Å². The van der Waals surface area contributed by atoms with Crippen LogP contribution < -0.4 is 10.1 Å². The molecule has 2 saturated heterocycles. The van der Waals surface area contributed by atoms with Crippen LogP contribution in [0.15, 0.2) is 54.6 Å². The minimum absolute atomic E-state index is 0.0115. The van der Waals surface area contributed by atoms with Crippen LogP contribution in [-0.4, -0.2) is 43.2 Å². The Labute approximate surface area is 176 Å². The molecular formula is C24H27NO5.